The monoisotopic (exact) mass is 250 g/mol. The van der Waals surface area contributed by atoms with Crippen molar-refractivity contribution in [2.75, 3.05) is 17.6 Å². The molecule has 0 aliphatic carbocycles. The molecule has 92 valence electrons. The van der Waals surface area contributed by atoms with Gasteiger partial charge in [-0.1, -0.05) is 19.9 Å². The number of rotatable bonds is 3. The van der Waals surface area contributed by atoms with E-state index in [2.05, 4.69) is 37.4 Å². The molecular weight excluding hydrogens is 232 g/mol. The van der Waals surface area contributed by atoms with E-state index in [4.69, 9.17) is 5.73 Å². The highest BCUT2D eigenvalue weighted by atomic mass is 32.2. The van der Waals surface area contributed by atoms with Crippen molar-refractivity contribution in [2.45, 2.75) is 25.2 Å². The van der Waals surface area contributed by atoms with E-state index in [1.165, 1.54) is 5.56 Å². The van der Waals surface area contributed by atoms with Gasteiger partial charge < -0.3 is 11.1 Å². The van der Waals surface area contributed by atoms with Crippen molar-refractivity contribution >= 4 is 23.4 Å². The topological polar surface area (TPSA) is 55.1 Å². The Morgan fingerprint density at radius 3 is 2.94 bits per heavy atom. The van der Waals surface area contributed by atoms with Crippen molar-refractivity contribution in [2.24, 2.45) is 11.1 Å². The Kier molecular flexibility index (Phi) is 3.45. The highest BCUT2D eigenvalue weighted by molar-refractivity contribution is 8.00. The molecule has 0 saturated heterocycles. The van der Waals surface area contributed by atoms with Crippen molar-refractivity contribution in [3.05, 3.63) is 23.8 Å². The Hall–Kier alpha value is -1.000. The summed E-state index contributed by atoms with van der Waals surface area (Å²) in [4.78, 5) is 12.5. The largest absolute Gasteiger partial charge is 0.330 e. The molecule has 0 atom stereocenters. The van der Waals surface area contributed by atoms with Crippen LogP contribution in [0.15, 0.2) is 23.1 Å². The van der Waals surface area contributed by atoms with Gasteiger partial charge in [-0.3, -0.25) is 4.79 Å². The van der Waals surface area contributed by atoms with Crippen LogP contribution in [0.4, 0.5) is 5.69 Å². The molecule has 0 radical (unpaired) electrons. The minimum atomic E-state index is 0.0812. The van der Waals surface area contributed by atoms with Crippen molar-refractivity contribution in [3.63, 3.8) is 0 Å². The molecule has 0 unspecified atom stereocenters. The molecular formula is C13H18N2OS. The first-order valence-electron chi connectivity index (χ1n) is 5.76. The van der Waals surface area contributed by atoms with Crippen LogP contribution in [-0.2, 0) is 11.2 Å². The fraction of sp³-hybridized carbons (Fsp3) is 0.462. The maximum atomic E-state index is 11.3. The van der Waals surface area contributed by atoms with Gasteiger partial charge in [0.2, 0.25) is 5.91 Å². The lowest BCUT2D eigenvalue weighted by atomic mass is 9.86. The second-order valence-corrected chi connectivity index (χ2v) is 6.23. The van der Waals surface area contributed by atoms with Gasteiger partial charge in [-0.05, 0) is 36.1 Å². The summed E-state index contributed by atoms with van der Waals surface area (Å²) in [5.41, 5.74) is 8.00. The van der Waals surface area contributed by atoms with Gasteiger partial charge in [0.15, 0.2) is 0 Å². The van der Waals surface area contributed by atoms with Crippen molar-refractivity contribution in [1.29, 1.82) is 0 Å². The maximum absolute atomic E-state index is 11.3. The summed E-state index contributed by atoms with van der Waals surface area (Å²) in [6, 6.07) is 6.28. The van der Waals surface area contributed by atoms with E-state index in [-0.39, 0.29) is 11.3 Å². The summed E-state index contributed by atoms with van der Waals surface area (Å²) in [6.07, 6.45) is 0.928. The molecule has 1 heterocycles. The average molecular weight is 250 g/mol. The third kappa shape index (κ3) is 3.01. The zero-order chi connectivity index (χ0) is 12.5. The molecule has 4 heteroatoms. The number of nitrogens with two attached hydrogens (primary N) is 1. The Balaban J connectivity index is 2.21. The van der Waals surface area contributed by atoms with Crippen LogP contribution in [0.25, 0.3) is 0 Å². The molecule has 0 fully saturated rings. The zero-order valence-electron chi connectivity index (χ0n) is 10.2. The van der Waals surface area contributed by atoms with Gasteiger partial charge in [-0.2, -0.15) is 0 Å². The summed E-state index contributed by atoms with van der Waals surface area (Å²) in [5.74, 6) is 0.596. The third-order valence-corrected chi connectivity index (χ3v) is 3.99. The van der Waals surface area contributed by atoms with E-state index in [1.807, 2.05) is 0 Å². The number of hydrogen-bond donors (Lipinski definition) is 2. The van der Waals surface area contributed by atoms with Crippen molar-refractivity contribution in [3.8, 4) is 0 Å². The van der Waals surface area contributed by atoms with Crippen LogP contribution in [0.5, 0.6) is 0 Å². The van der Waals surface area contributed by atoms with E-state index < -0.39 is 0 Å². The number of carbonyl (C=O) groups is 1. The molecule has 1 aliphatic rings. The Bertz CT molecular complexity index is 443. The maximum Gasteiger partial charge on any atom is 0.234 e. The van der Waals surface area contributed by atoms with E-state index in [0.29, 0.717) is 12.3 Å². The molecule has 0 bridgehead atoms. The standard InChI is InChI=1S/C13H18N2OS/c1-13(2,8-14)6-9-3-4-11-10(5-9)15-12(16)7-17-11/h3-5H,6-8,14H2,1-2H3,(H,15,16). The first-order chi connectivity index (χ1) is 8.00. The molecule has 1 aromatic rings. The lowest BCUT2D eigenvalue weighted by molar-refractivity contribution is -0.113. The third-order valence-electron chi connectivity index (χ3n) is 2.91. The molecule has 0 spiro atoms. The fourth-order valence-corrected chi connectivity index (χ4v) is 2.65. The lowest BCUT2D eigenvalue weighted by Gasteiger charge is -2.24. The summed E-state index contributed by atoms with van der Waals surface area (Å²) in [5, 5.41) is 2.91. The normalized spacial score (nSPS) is 15.4. The molecule has 3 nitrogen and oxygen atoms in total. The van der Waals surface area contributed by atoms with Crippen LogP contribution >= 0.6 is 11.8 Å². The highest BCUT2D eigenvalue weighted by Gasteiger charge is 2.19. The van der Waals surface area contributed by atoms with E-state index >= 15 is 0 Å². The Morgan fingerprint density at radius 1 is 1.47 bits per heavy atom. The summed E-state index contributed by atoms with van der Waals surface area (Å²) in [7, 11) is 0. The second-order valence-electron chi connectivity index (χ2n) is 5.21. The molecule has 1 aliphatic heterocycles. The average Bonchev–Trinajstić information content (AvgIpc) is 2.28. The van der Waals surface area contributed by atoms with Gasteiger partial charge in [-0.25, -0.2) is 0 Å². The van der Waals surface area contributed by atoms with Crippen LogP contribution in [0.1, 0.15) is 19.4 Å². The second kappa shape index (κ2) is 4.70. The molecule has 0 aromatic heterocycles. The van der Waals surface area contributed by atoms with E-state index in [1.54, 1.807) is 11.8 Å². The number of fused-ring (bicyclic) bond motifs is 1. The summed E-state index contributed by atoms with van der Waals surface area (Å²) in [6.45, 7) is 4.96. The van der Waals surface area contributed by atoms with Gasteiger partial charge in [0.1, 0.15) is 0 Å². The zero-order valence-corrected chi connectivity index (χ0v) is 11.1. The number of anilines is 1. The molecule has 3 N–H and O–H groups in total. The van der Waals surface area contributed by atoms with E-state index in [0.717, 1.165) is 17.0 Å². The summed E-state index contributed by atoms with van der Waals surface area (Å²) < 4.78 is 0. The Morgan fingerprint density at radius 2 is 2.24 bits per heavy atom. The predicted molar refractivity (Wildman–Crippen MR) is 72.3 cm³/mol. The van der Waals surface area contributed by atoms with Gasteiger partial charge >= 0.3 is 0 Å². The smallest absolute Gasteiger partial charge is 0.234 e. The lowest BCUT2D eigenvalue weighted by Crippen LogP contribution is -2.26. The molecule has 2 rings (SSSR count). The van der Waals surface area contributed by atoms with Crippen molar-refractivity contribution in [1.82, 2.24) is 0 Å². The SMILES string of the molecule is CC(C)(CN)Cc1ccc2c(c1)NC(=O)CS2. The van der Waals surface area contributed by atoms with Gasteiger partial charge in [0, 0.05) is 4.90 Å². The van der Waals surface area contributed by atoms with Gasteiger partial charge in [0.25, 0.3) is 0 Å². The molecule has 0 saturated carbocycles. The van der Waals surface area contributed by atoms with Gasteiger partial charge in [-0.15, -0.1) is 11.8 Å². The molecule has 1 amide bonds. The van der Waals surface area contributed by atoms with Gasteiger partial charge in [0.05, 0.1) is 11.4 Å². The minimum absolute atomic E-state index is 0.0812. The van der Waals surface area contributed by atoms with Crippen LogP contribution < -0.4 is 11.1 Å². The molecule has 1 aromatic carbocycles. The molecule has 17 heavy (non-hydrogen) atoms. The number of hydrogen-bond acceptors (Lipinski definition) is 3. The number of benzene rings is 1. The van der Waals surface area contributed by atoms with Crippen molar-refractivity contribution < 1.29 is 4.79 Å². The fourth-order valence-electron chi connectivity index (χ4n) is 1.86. The highest BCUT2D eigenvalue weighted by Crippen LogP contribution is 2.33. The van der Waals surface area contributed by atoms with E-state index in [9.17, 15) is 4.79 Å². The number of amides is 1. The summed E-state index contributed by atoms with van der Waals surface area (Å²) >= 11 is 1.59. The Labute approximate surface area is 106 Å². The predicted octanol–water partition coefficient (Wildman–Crippen LogP) is 2.26. The van der Waals surface area contributed by atoms with Crippen LogP contribution in [0.3, 0.4) is 0 Å². The van der Waals surface area contributed by atoms with Crippen LogP contribution in [0, 0.1) is 5.41 Å². The van der Waals surface area contributed by atoms with Crippen LogP contribution in [-0.4, -0.2) is 18.2 Å². The number of nitrogens with one attached hydrogen (secondary N) is 1. The number of carbonyl (C=O) groups excluding carboxylic acids is 1. The van der Waals surface area contributed by atoms with Crippen LogP contribution in [0.2, 0.25) is 0 Å². The number of thioether (sulfide) groups is 1. The minimum Gasteiger partial charge on any atom is -0.330 e. The first-order valence-corrected chi connectivity index (χ1v) is 6.74. The quantitative estimate of drug-likeness (QED) is 0.865. The first kappa shape index (κ1) is 12.5.